The third kappa shape index (κ3) is 3.36. The number of nitrogens with zero attached hydrogens (tertiary/aromatic N) is 2. The molecular weight excluding hydrogens is 322 g/mol. The van der Waals surface area contributed by atoms with Crippen LogP contribution in [0.1, 0.15) is 15.9 Å². The maximum atomic E-state index is 12.7. The van der Waals surface area contributed by atoms with Crippen molar-refractivity contribution < 1.29 is 14.3 Å². The van der Waals surface area contributed by atoms with Crippen LogP contribution in [0, 0.1) is 0 Å². The van der Waals surface area contributed by atoms with Crippen molar-refractivity contribution in [1.29, 1.82) is 0 Å². The predicted octanol–water partition coefficient (Wildman–Crippen LogP) is 1.06. The Kier molecular flexibility index (Phi) is 4.15. The molecule has 0 unspecified atom stereocenters. The SMILES string of the molecule is O=C(c1ccc2c(c1)OCO2)N1CCN(Cc2ccc(=O)[nH]c2)CC1. The van der Waals surface area contributed by atoms with Gasteiger partial charge in [0, 0.05) is 50.6 Å². The van der Waals surface area contributed by atoms with Crippen molar-refractivity contribution in [3.63, 3.8) is 0 Å². The second-order valence-corrected chi connectivity index (χ2v) is 6.20. The Morgan fingerprint density at radius 2 is 1.84 bits per heavy atom. The summed E-state index contributed by atoms with van der Waals surface area (Å²) in [5.74, 6) is 1.33. The molecule has 1 amide bonds. The third-order valence-corrected chi connectivity index (χ3v) is 4.53. The summed E-state index contributed by atoms with van der Waals surface area (Å²) in [6.07, 6.45) is 1.74. The van der Waals surface area contributed by atoms with Crippen LogP contribution >= 0.6 is 0 Å². The van der Waals surface area contributed by atoms with Crippen LogP contribution in [0.25, 0.3) is 0 Å². The summed E-state index contributed by atoms with van der Waals surface area (Å²) in [5.41, 5.74) is 1.59. The molecule has 2 aliphatic heterocycles. The Hall–Kier alpha value is -2.80. The highest BCUT2D eigenvalue weighted by Crippen LogP contribution is 2.32. The first kappa shape index (κ1) is 15.7. The number of fused-ring (bicyclic) bond motifs is 1. The molecule has 0 radical (unpaired) electrons. The number of hydrogen-bond donors (Lipinski definition) is 1. The van der Waals surface area contributed by atoms with E-state index in [1.165, 1.54) is 6.07 Å². The second-order valence-electron chi connectivity index (χ2n) is 6.20. The van der Waals surface area contributed by atoms with Gasteiger partial charge in [-0.1, -0.05) is 6.07 Å². The summed E-state index contributed by atoms with van der Waals surface area (Å²) in [7, 11) is 0. The Bertz CT molecular complexity index is 820. The summed E-state index contributed by atoms with van der Waals surface area (Å²) in [5, 5.41) is 0. The van der Waals surface area contributed by atoms with E-state index in [1.54, 1.807) is 24.4 Å². The van der Waals surface area contributed by atoms with Gasteiger partial charge in [-0.15, -0.1) is 0 Å². The number of pyridine rings is 1. The fourth-order valence-corrected chi connectivity index (χ4v) is 3.12. The number of carbonyl (C=O) groups excluding carboxylic acids is 1. The first-order valence-corrected chi connectivity index (χ1v) is 8.28. The van der Waals surface area contributed by atoms with Crippen molar-refractivity contribution in [3.05, 3.63) is 58.0 Å². The molecule has 2 aliphatic rings. The molecule has 7 heteroatoms. The summed E-state index contributed by atoms with van der Waals surface area (Å²) in [4.78, 5) is 30.6. The highest BCUT2D eigenvalue weighted by atomic mass is 16.7. The number of nitrogens with one attached hydrogen (secondary N) is 1. The minimum Gasteiger partial charge on any atom is -0.454 e. The standard InChI is InChI=1S/C18H19N3O4/c22-17-4-1-13(10-19-17)11-20-5-7-21(8-6-20)18(23)14-2-3-15-16(9-14)25-12-24-15/h1-4,9-10H,5-8,11-12H2,(H,19,22). The minimum absolute atomic E-state index is 0.0157. The number of aromatic amines is 1. The Morgan fingerprint density at radius 1 is 1.04 bits per heavy atom. The van der Waals surface area contributed by atoms with Gasteiger partial charge in [0.25, 0.3) is 5.91 Å². The van der Waals surface area contributed by atoms with E-state index in [9.17, 15) is 9.59 Å². The topological polar surface area (TPSA) is 74.9 Å². The van der Waals surface area contributed by atoms with Crippen molar-refractivity contribution in [2.75, 3.05) is 33.0 Å². The summed E-state index contributed by atoms with van der Waals surface area (Å²) < 4.78 is 10.6. The van der Waals surface area contributed by atoms with Gasteiger partial charge in [-0.25, -0.2) is 0 Å². The maximum Gasteiger partial charge on any atom is 0.254 e. The molecule has 3 heterocycles. The fraction of sp³-hybridized carbons (Fsp3) is 0.333. The number of ether oxygens (including phenoxy) is 2. The van der Waals surface area contributed by atoms with Gasteiger partial charge in [-0.3, -0.25) is 14.5 Å². The smallest absolute Gasteiger partial charge is 0.254 e. The Balaban J connectivity index is 1.35. The molecule has 0 atom stereocenters. The van der Waals surface area contributed by atoms with E-state index >= 15 is 0 Å². The maximum absolute atomic E-state index is 12.7. The van der Waals surface area contributed by atoms with Gasteiger partial charge >= 0.3 is 0 Å². The molecular formula is C18H19N3O4. The molecule has 1 aromatic carbocycles. The average molecular weight is 341 g/mol. The zero-order valence-electron chi connectivity index (χ0n) is 13.7. The number of H-pyrrole nitrogens is 1. The molecule has 0 spiro atoms. The van der Waals surface area contributed by atoms with Crippen molar-refractivity contribution >= 4 is 5.91 Å². The number of aromatic nitrogens is 1. The molecule has 7 nitrogen and oxygen atoms in total. The number of piperazine rings is 1. The van der Waals surface area contributed by atoms with E-state index in [0.29, 0.717) is 30.2 Å². The van der Waals surface area contributed by atoms with Gasteiger partial charge in [0.05, 0.1) is 0 Å². The van der Waals surface area contributed by atoms with Crippen molar-refractivity contribution in [1.82, 2.24) is 14.8 Å². The molecule has 130 valence electrons. The largest absolute Gasteiger partial charge is 0.454 e. The van der Waals surface area contributed by atoms with E-state index in [-0.39, 0.29) is 18.3 Å². The normalized spacial score (nSPS) is 16.9. The summed E-state index contributed by atoms with van der Waals surface area (Å²) in [6, 6.07) is 8.68. The Labute approximate surface area is 144 Å². The number of rotatable bonds is 3. The van der Waals surface area contributed by atoms with Crippen molar-refractivity contribution in [2.24, 2.45) is 0 Å². The van der Waals surface area contributed by atoms with Crippen molar-refractivity contribution in [2.45, 2.75) is 6.54 Å². The monoisotopic (exact) mass is 341 g/mol. The lowest BCUT2D eigenvalue weighted by atomic mass is 10.1. The predicted molar refractivity (Wildman–Crippen MR) is 90.8 cm³/mol. The van der Waals surface area contributed by atoms with Gasteiger partial charge in [0.2, 0.25) is 12.4 Å². The molecule has 1 aromatic heterocycles. The minimum atomic E-state index is -0.0945. The first-order valence-electron chi connectivity index (χ1n) is 8.28. The molecule has 25 heavy (non-hydrogen) atoms. The Morgan fingerprint density at radius 3 is 2.60 bits per heavy atom. The molecule has 4 rings (SSSR count). The van der Waals surface area contributed by atoms with E-state index in [1.807, 2.05) is 11.0 Å². The van der Waals surface area contributed by atoms with E-state index in [4.69, 9.17) is 9.47 Å². The summed E-state index contributed by atoms with van der Waals surface area (Å²) in [6.45, 7) is 3.93. The van der Waals surface area contributed by atoms with Gasteiger partial charge in [0.15, 0.2) is 11.5 Å². The lowest BCUT2D eigenvalue weighted by molar-refractivity contribution is 0.0628. The quantitative estimate of drug-likeness (QED) is 0.904. The highest BCUT2D eigenvalue weighted by Gasteiger charge is 2.24. The van der Waals surface area contributed by atoms with Crippen LogP contribution in [0.4, 0.5) is 0 Å². The van der Waals surface area contributed by atoms with E-state index in [0.717, 1.165) is 25.2 Å². The summed E-state index contributed by atoms with van der Waals surface area (Å²) >= 11 is 0. The van der Waals surface area contributed by atoms with Crippen molar-refractivity contribution in [3.8, 4) is 11.5 Å². The molecule has 0 saturated carbocycles. The van der Waals surface area contributed by atoms with Gasteiger partial charge in [0.1, 0.15) is 0 Å². The average Bonchev–Trinajstić information content (AvgIpc) is 3.11. The van der Waals surface area contributed by atoms with E-state index in [2.05, 4.69) is 9.88 Å². The second kappa shape index (κ2) is 6.60. The molecule has 1 fully saturated rings. The van der Waals surface area contributed by atoms with Gasteiger partial charge in [-0.2, -0.15) is 0 Å². The van der Waals surface area contributed by atoms with Gasteiger partial charge < -0.3 is 19.4 Å². The lowest BCUT2D eigenvalue weighted by Crippen LogP contribution is -2.48. The number of benzene rings is 1. The molecule has 0 bridgehead atoms. The van der Waals surface area contributed by atoms with Crippen LogP contribution < -0.4 is 15.0 Å². The first-order chi connectivity index (χ1) is 12.2. The lowest BCUT2D eigenvalue weighted by Gasteiger charge is -2.34. The number of hydrogen-bond acceptors (Lipinski definition) is 5. The van der Waals surface area contributed by atoms with Gasteiger partial charge in [-0.05, 0) is 23.8 Å². The molecule has 1 N–H and O–H groups in total. The zero-order valence-corrected chi connectivity index (χ0v) is 13.7. The van der Waals surface area contributed by atoms with Crippen LogP contribution in [-0.2, 0) is 6.54 Å². The van der Waals surface area contributed by atoms with Crippen LogP contribution in [0.15, 0.2) is 41.3 Å². The van der Waals surface area contributed by atoms with Crippen LogP contribution in [-0.4, -0.2) is 53.7 Å². The number of carbonyl (C=O) groups is 1. The highest BCUT2D eigenvalue weighted by molar-refractivity contribution is 5.95. The van der Waals surface area contributed by atoms with Crippen LogP contribution in [0.5, 0.6) is 11.5 Å². The van der Waals surface area contributed by atoms with E-state index < -0.39 is 0 Å². The molecule has 0 aliphatic carbocycles. The third-order valence-electron chi connectivity index (χ3n) is 4.53. The van der Waals surface area contributed by atoms with Crippen LogP contribution in [0.3, 0.4) is 0 Å². The zero-order chi connectivity index (χ0) is 17.2. The van der Waals surface area contributed by atoms with Crippen LogP contribution in [0.2, 0.25) is 0 Å². The fourth-order valence-electron chi connectivity index (χ4n) is 3.12. The molecule has 2 aromatic rings. The number of amides is 1. The molecule has 1 saturated heterocycles.